The molecule has 0 saturated carbocycles. The first-order valence-corrected chi connectivity index (χ1v) is 8.45. The molecular weight excluding hydrogens is 316 g/mol. The Morgan fingerprint density at radius 3 is 2.32 bits per heavy atom. The van der Waals surface area contributed by atoms with Crippen LogP contribution in [0.3, 0.4) is 0 Å². The zero-order chi connectivity index (χ0) is 18.5. The molecule has 0 spiro atoms. The predicted molar refractivity (Wildman–Crippen MR) is 104 cm³/mol. The van der Waals surface area contributed by atoms with E-state index in [0.29, 0.717) is 13.2 Å². The maximum Gasteiger partial charge on any atom is 0.125 e. The SMILES string of the molecule is C/C=C/COc1cc(C)c(OC/C=C/CN(C)C/C=N/OC)c(C)c1. The molecular formula is C20H30N2O3. The Morgan fingerprint density at radius 2 is 1.68 bits per heavy atom. The number of allylic oxidation sites excluding steroid dienone is 1. The summed E-state index contributed by atoms with van der Waals surface area (Å²) in [5.41, 5.74) is 2.16. The molecule has 1 aromatic rings. The van der Waals surface area contributed by atoms with Gasteiger partial charge in [0.15, 0.2) is 0 Å². The number of rotatable bonds is 11. The lowest BCUT2D eigenvalue weighted by Crippen LogP contribution is -2.20. The lowest BCUT2D eigenvalue weighted by molar-refractivity contribution is 0.213. The van der Waals surface area contributed by atoms with Crippen LogP contribution < -0.4 is 9.47 Å². The number of hydrogen-bond donors (Lipinski definition) is 0. The fraction of sp³-hybridized carbons (Fsp3) is 0.450. The zero-order valence-electron chi connectivity index (χ0n) is 16.0. The molecule has 0 bridgehead atoms. The topological polar surface area (TPSA) is 43.3 Å². The van der Waals surface area contributed by atoms with Gasteiger partial charge in [-0.2, -0.15) is 0 Å². The molecule has 0 radical (unpaired) electrons. The van der Waals surface area contributed by atoms with Crippen LogP contribution >= 0.6 is 0 Å². The van der Waals surface area contributed by atoms with Crippen LogP contribution in [0, 0.1) is 13.8 Å². The van der Waals surface area contributed by atoms with Gasteiger partial charge in [-0.15, -0.1) is 0 Å². The monoisotopic (exact) mass is 346 g/mol. The molecule has 1 aromatic carbocycles. The average Bonchev–Trinajstić information content (AvgIpc) is 2.57. The molecule has 0 atom stereocenters. The minimum absolute atomic E-state index is 0.542. The third kappa shape index (κ3) is 8.40. The van der Waals surface area contributed by atoms with Gasteiger partial charge < -0.3 is 14.3 Å². The minimum atomic E-state index is 0.542. The van der Waals surface area contributed by atoms with Crippen LogP contribution in [0.2, 0.25) is 0 Å². The Labute approximate surface area is 151 Å². The van der Waals surface area contributed by atoms with E-state index in [2.05, 4.69) is 21.0 Å². The van der Waals surface area contributed by atoms with Gasteiger partial charge >= 0.3 is 0 Å². The minimum Gasteiger partial charge on any atom is -0.490 e. The highest BCUT2D eigenvalue weighted by Gasteiger charge is 2.06. The molecule has 0 aliphatic carbocycles. The first-order valence-electron chi connectivity index (χ1n) is 8.45. The summed E-state index contributed by atoms with van der Waals surface area (Å²) >= 11 is 0. The van der Waals surface area contributed by atoms with Gasteiger partial charge in [0, 0.05) is 13.1 Å². The van der Waals surface area contributed by atoms with Crippen LogP contribution in [0.25, 0.3) is 0 Å². The Balaban J connectivity index is 2.46. The standard InChI is InChI=1S/C20H30N2O3/c1-6-7-13-24-19-15-17(2)20(18(3)16-19)25-14-9-8-11-22(4)12-10-21-23-5/h6-10,15-16H,11-14H2,1-5H3/b7-6+,9-8+,21-10+. The summed E-state index contributed by atoms with van der Waals surface area (Å²) in [6, 6.07) is 4.02. The van der Waals surface area contributed by atoms with Gasteiger partial charge in [-0.25, -0.2) is 0 Å². The summed E-state index contributed by atoms with van der Waals surface area (Å²) in [5, 5.41) is 3.72. The Morgan fingerprint density at radius 1 is 1.00 bits per heavy atom. The third-order valence-electron chi connectivity index (χ3n) is 3.50. The number of oxime groups is 1. The second-order valence-corrected chi connectivity index (χ2v) is 5.74. The van der Waals surface area contributed by atoms with Crippen LogP contribution in [-0.4, -0.2) is 51.6 Å². The zero-order valence-corrected chi connectivity index (χ0v) is 16.0. The highest BCUT2D eigenvalue weighted by atomic mass is 16.6. The van der Waals surface area contributed by atoms with Crippen molar-refractivity contribution < 1.29 is 14.3 Å². The number of aryl methyl sites for hydroxylation is 2. The quantitative estimate of drug-likeness (QED) is 0.348. The Hall–Kier alpha value is -2.27. The average molecular weight is 346 g/mol. The van der Waals surface area contributed by atoms with Crippen LogP contribution in [0.5, 0.6) is 11.5 Å². The van der Waals surface area contributed by atoms with Crippen molar-refractivity contribution in [3.05, 3.63) is 47.6 Å². The lowest BCUT2D eigenvalue weighted by atomic mass is 10.1. The smallest absolute Gasteiger partial charge is 0.125 e. The second-order valence-electron chi connectivity index (χ2n) is 5.74. The Kier molecular flexibility index (Phi) is 10.1. The van der Waals surface area contributed by atoms with Gasteiger partial charge in [-0.1, -0.05) is 29.5 Å². The molecule has 1 rings (SSSR count). The highest BCUT2D eigenvalue weighted by molar-refractivity contribution is 5.58. The molecule has 0 aromatic heterocycles. The van der Waals surface area contributed by atoms with Gasteiger partial charge in [0.2, 0.25) is 0 Å². The molecule has 0 aliphatic rings. The van der Waals surface area contributed by atoms with Crippen LogP contribution in [0.1, 0.15) is 18.1 Å². The first-order chi connectivity index (χ1) is 12.1. The molecule has 0 heterocycles. The van der Waals surface area contributed by atoms with Gasteiger partial charge in [0.1, 0.15) is 31.8 Å². The number of nitrogens with zero attached hydrogens (tertiary/aromatic N) is 2. The fourth-order valence-electron chi connectivity index (χ4n) is 2.24. The normalized spacial score (nSPS) is 11.9. The van der Waals surface area contributed by atoms with Crippen molar-refractivity contribution in [3.63, 3.8) is 0 Å². The molecule has 0 saturated heterocycles. The van der Waals surface area contributed by atoms with Crippen LogP contribution in [-0.2, 0) is 4.84 Å². The van der Waals surface area contributed by atoms with E-state index in [1.165, 1.54) is 0 Å². The second kappa shape index (κ2) is 12.1. The predicted octanol–water partition coefficient (Wildman–Crippen LogP) is 3.76. The summed E-state index contributed by atoms with van der Waals surface area (Å²) in [7, 11) is 3.56. The van der Waals surface area contributed by atoms with E-state index in [0.717, 1.165) is 35.7 Å². The van der Waals surface area contributed by atoms with Gasteiger partial charge in [0.25, 0.3) is 0 Å². The Bertz CT molecular complexity index is 572. The molecule has 0 N–H and O–H groups in total. The summed E-state index contributed by atoms with van der Waals surface area (Å²) in [5.74, 6) is 1.79. The lowest BCUT2D eigenvalue weighted by Gasteiger charge is -2.13. The van der Waals surface area contributed by atoms with E-state index in [4.69, 9.17) is 9.47 Å². The van der Waals surface area contributed by atoms with Gasteiger partial charge in [0.05, 0.1) is 6.21 Å². The maximum absolute atomic E-state index is 5.91. The van der Waals surface area contributed by atoms with Crippen molar-refractivity contribution >= 4 is 6.21 Å². The van der Waals surface area contributed by atoms with Crippen molar-refractivity contribution in [2.24, 2.45) is 5.16 Å². The van der Waals surface area contributed by atoms with E-state index in [1.54, 1.807) is 13.3 Å². The van der Waals surface area contributed by atoms with Crippen LogP contribution in [0.4, 0.5) is 0 Å². The van der Waals surface area contributed by atoms with E-state index in [1.807, 2.05) is 58.2 Å². The molecule has 0 aliphatic heterocycles. The summed E-state index contributed by atoms with van der Waals surface area (Å²) in [4.78, 5) is 6.75. The van der Waals surface area contributed by atoms with Crippen molar-refractivity contribution in [3.8, 4) is 11.5 Å². The largest absolute Gasteiger partial charge is 0.490 e. The van der Waals surface area contributed by atoms with E-state index < -0.39 is 0 Å². The molecule has 138 valence electrons. The van der Waals surface area contributed by atoms with Crippen molar-refractivity contribution in [2.75, 3.05) is 40.5 Å². The first kappa shape index (κ1) is 20.8. The van der Waals surface area contributed by atoms with E-state index in [-0.39, 0.29) is 0 Å². The molecule has 0 amide bonds. The highest BCUT2D eigenvalue weighted by Crippen LogP contribution is 2.28. The van der Waals surface area contributed by atoms with Gasteiger partial charge in [-0.05, 0) is 51.1 Å². The fourth-order valence-corrected chi connectivity index (χ4v) is 2.24. The van der Waals surface area contributed by atoms with Crippen molar-refractivity contribution in [2.45, 2.75) is 20.8 Å². The molecule has 25 heavy (non-hydrogen) atoms. The number of ether oxygens (including phenoxy) is 2. The summed E-state index contributed by atoms with van der Waals surface area (Å²) in [6.07, 6.45) is 9.81. The van der Waals surface area contributed by atoms with E-state index >= 15 is 0 Å². The van der Waals surface area contributed by atoms with Gasteiger partial charge in [-0.3, -0.25) is 4.90 Å². The maximum atomic E-state index is 5.91. The van der Waals surface area contributed by atoms with Crippen molar-refractivity contribution in [1.82, 2.24) is 4.90 Å². The molecule has 0 fully saturated rings. The van der Waals surface area contributed by atoms with E-state index in [9.17, 15) is 0 Å². The number of likely N-dealkylation sites (N-methyl/N-ethyl adjacent to an activating group) is 1. The summed E-state index contributed by atoms with van der Waals surface area (Å²) < 4.78 is 11.6. The van der Waals surface area contributed by atoms with Crippen molar-refractivity contribution in [1.29, 1.82) is 0 Å². The summed E-state index contributed by atoms with van der Waals surface area (Å²) in [6.45, 7) is 8.76. The number of hydrogen-bond acceptors (Lipinski definition) is 5. The molecule has 5 heteroatoms. The molecule has 5 nitrogen and oxygen atoms in total. The van der Waals surface area contributed by atoms with Crippen LogP contribution in [0.15, 0.2) is 41.6 Å². The number of benzene rings is 1. The third-order valence-corrected chi connectivity index (χ3v) is 3.50. The molecule has 0 unspecified atom stereocenters.